The first kappa shape index (κ1) is 14.8. The molecule has 1 unspecified atom stereocenters. The highest BCUT2D eigenvalue weighted by atomic mass is 16.3. The minimum atomic E-state index is -0.0360. The minimum absolute atomic E-state index is 0.0360. The van der Waals surface area contributed by atoms with E-state index in [-0.39, 0.29) is 18.7 Å². The molecular weight excluding hydrogens is 246 g/mol. The highest BCUT2D eigenvalue weighted by Crippen LogP contribution is 2.22. The summed E-state index contributed by atoms with van der Waals surface area (Å²) in [6.45, 7) is 6.48. The second-order valence-electron chi connectivity index (χ2n) is 5.39. The first-order valence-electron chi connectivity index (χ1n) is 7.11. The van der Waals surface area contributed by atoms with E-state index in [2.05, 4.69) is 44.3 Å². The summed E-state index contributed by atoms with van der Waals surface area (Å²) < 4.78 is 0. The van der Waals surface area contributed by atoms with Gasteiger partial charge in [0.25, 0.3) is 0 Å². The summed E-state index contributed by atoms with van der Waals surface area (Å²) >= 11 is 0. The van der Waals surface area contributed by atoms with Crippen LogP contribution in [0.3, 0.4) is 0 Å². The van der Waals surface area contributed by atoms with Gasteiger partial charge in [0.05, 0.1) is 12.6 Å². The van der Waals surface area contributed by atoms with Gasteiger partial charge in [0, 0.05) is 6.04 Å². The zero-order valence-corrected chi connectivity index (χ0v) is 12.4. The molecule has 0 aromatic heterocycles. The molecule has 2 nitrogen and oxygen atoms in total. The van der Waals surface area contributed by atoms with E-state index in [1.165, 1.54) is 16.7 Å². The molecule has 0 aliphatic carbocycles. The Kier molecular flexibility index (Phi) is 4.94. The van der Waals surface area contributed by atoms with Crippen LogP contribution in [0.15, 0.2) is 48.5 Å². The maximum Gasteiger partial charge on any atom is 0.0626 e. The lowest BCUT2D eigenvalue weighted by atomic mass is 9.98. The van der Waals surface area contributed by atoms with E-state index in [1.54, 1.807) is 0 Å². The average Bonchev–Trinajstić information content (AvgIpc) is 2.48. The van der Waals surface area contributed by atoms with Gasteiger partial charge in [-0.15, -0.1) is 0 Å². The lowest BCUT2D eigenvalue weighted by Crippen LogP contribution is -2.27. The fourth-order valence-electron chi connectivity index (χ4n) is 2.56. The summed E-state index contributed by atoms with van der Waals surface area (Å²) in [6.07, 6.45) is 0. The topological polar surface area (TPSA) is 32.3 Å². The fraction of sp³-hybridized carbons (Fsp3) is 0.333. The van der Waals surface area contributed by atoms with Crippen molar-refractivity contribution in [3.05, 3.63) is 70.8 Å². The highest BCUT2D eigenvalue weighted by Gasteiger charge is 2.15. The van der Waals surface area contributed by atoms with Crippen LogP contribution in [0.5, 0.6) is 0 Å². The van der Waals surface area contributed by atoms with Crippen LogP contribution in [0.1, 0.15) is 41.3 Å². The predicted molar refractivity (Wildman–Crippen MR) is 83.7 cm³/mol. The molecule has 0 aliphatic rings. The second kappa shape index (κ2) is 6.69. The Morgan fingerprint density at radius 3 is 2.40 bits per heavy atom. The van der Waals surface area contributed by atoms with Crippen molar-refractivity contribution in [2.24, 2.45) is 0 Å². The highest BCUT2D eigenvalue weighted by molar-refractivity contribution is 5.33. The lowest BCUT2D eigenvalue weighted by Gasteiger charge is -2.24. The Morgan fingerprint density at radius 1 is 1.05 bits per heavy atom. The quantitative estimate of drug-likeness (QED) is 0.867. The molecule has 2 atom stereocenters. The van der Waals surface area contributed by atoms with Crippen LogP contribution >= 0.6 is 0 Å². The van der Waals surface area contributed by atoms with E-state index < -0.39 is 0 Å². The molecule has 0 spiro atoms. The van der Waals surface area contributed by atoms with Crippen LogP contribution in [0, 0.1) is 13.8 Å². The summed E-state index contributed by atoms with van der Waals surface area (Å²) in [5.41, 5.74) is 4.95. The molecule has 0 aliphatic heterocycles. The molecule has 0 saturated carbocycles. The molecule has 0 amide bonds. The van der Waals surface area contributed by atoms with Gasteiger partial charge in [0.2, 0.25) is 0 Å². The molecule has 0 fully saturated rings. The Morgan fingerprint density at radius 2 is 1.75 bits per heavy atom. The summed E-state index contributed by atoms with van der Waals surface area (Å²) in [6, 6.07) is 16.8. The van der Waals surface area contributed by atoms with E-state index in [9.17, 15) is 5.11 Å². The zero-order valence-electron chi connectivity index (χ0n) is 12.4. The number of hydrogen-bond donors (Lipinski definition) is 2. The van der Waals surface area contributed by atoms with Crippen LogP contribution in [0.4, 0.5) is 0 Å². The second-order valence-corrected chi connectivity index (χ2v) is 5.39. The molecule has 0 saturated heterocycles. The van der Waals surface area contributed by atoms with Gasteiger partial charge in [-0.25, -0.2) is 0 Å². The Labute approximate surface area is 121 Å². The Balaban J connectivity index is 2.17. The zero-order chi connectivity index (χ0) is 14.5. The van der Waals surface area contributed by atoms with Crippen molar-refractivity contribution >= 4 is 0 Å². The molecule has 2 aromatic carbocycles. The Hall–Kier alpha value is -1.64. The molecule has 2 N–H and O–H groups in total. The first-order chi connectivity index (χ1) is 9.61. The van der Waals surface area contributed by atoms with Crippen LogP contribution in [-0.4, -0.2) is 11.7 Å². The Bertz CT molecular complexity index is 551. The first-order valence-corrected chi connectivity index (χ1v) is 7.11. The molecule has 2 aromatic rings. The van der Waals surface area contributed by atoms with Gasteiger partial charge in [-0.05, 0) is 37.5 Å². The molecule has 0 bridgehead atoms. The van der Waals surface area contributed by atoms with Crippen LogP contribution in [-0.2, 0) is 0 Å². The van der Waals surface area contributed by atoms with Crippen molar-refractivity contribution in [3.8, 4) is 0 Å². The van der Waals surface area contributed by atoms with Gasteiger partial charge in [-0.3, -0.25) is 0 Å². The van der Waals surface area contributed by atoms with Crippen LogP contribution < -0.4 is 5.32 Å². The van der Waals surface area contributed by atoms with Gasteiger partial charge in [-0.2, -0.15) is 0 Å². The molecule has 2 heteroatoms. The van der Waals surface area contributed by atoms with Gasteiger partial charge in [0.1, 0.15) is 0 Å². The minimum Gasteiger partial charge on any atom is -0.394 e. The third-order valence-electron chi connectivity index (χ3n) is 3.74. The number of rotatable bonds is 5. The average molecular weight is 269 g/mol. The predicted octanol–water partition coefficient (Wildman–Crippen LogP) is 3.69. The molecule has 106 valence electrons. The van der Waals surface area contributed by atoms with Gasteiger partial charge >= 0.3 is 0 Å². The monoisotopic (exact) mass is 269 g/mol. The maximum absolute atomic E-state index is 9.64. The number of nitrogens with one attached hydrogen (secondary N) is 1. The van der Waals surface area contributed by atoms with E-state index in [1.807, 2.05) is 30.3 Å². The summed E-state index contributed by atoms with van der Waals surface area (Å²) in [4.78, 5) is 0. The van der Waals surface area contributed by atoms with Gasteiger partial charge < -0.3 is 10.4 Å². The fourth-order valence-corrected chi connectivity index (χ4v) is 2.56. The standard InChI is InChI=1S/C18H23NO/c1-13-9-10-14(2)17(11-13)15(3)19-18(12-20)16-7-5-4-6-8-16/h4-11,15,18-20H,12H2,1-3H3/t15?,18-/m0/s1. The van der Waals surface area contributed by atoms with Gasteiger partial charge in [-0.1, -0.05) is 54.1 Å². The summed E-state index contributed by atoms with van der Waals surface area (Å²) in [7, 11) is 0. The maximum atomic E-state index is 9.64. The molecular formula is C18H23NO. The van der Waals surface area contributed by atoms with Gasteiger partial charge in [0.15, 0.2) is 0 Å². The number of hydrogen-bond acceptors (Lipinski definition) is 2. The normalized spacial score (nSPS) is 14.0. The van der Waals surface area contributed by atoms with Crippen molar-refractivity contribution in [2.45, 2.75) is 32.9 Å². The number of benzene rings is 2. The SMILES string of the molecule is Cc1ccc(C)c(C(C)N[C@@H](CO)c2ccccc2)c1. The number of aliphatic hydroxyl groups excluding tert-OH is 1. The van der Waals surface area contributed by atoms with Crippen molar-refractivity contribution in [1.29, 1.82) is 0 Å². The summed E-state index contributed by atoms with van der Waals surface area (Å²) in [5.74, 6) is 0. The van der Waals surface area contributed by atoms with E-state index in [0.717, 1.165) is 5.56 Å². The smallest absolute Gasteiger partial charge is 0.0626 e. The number of aryl methyl sites for hydroxylation is 2. The summed E-state index contributed by atoms with van der Waals surface area (Å²) in [5, 5.41) is 13.2. The molecule has 2 rings (SSSR count). The largest absolute Gasteiger partial charge is 0.394 e. The van der Waals surface area contributed by atoms with Crippen molar-refractivity contribution in [2.75, 3.05) is 6.61 Å². The lowest BCUT2D eigenvalue weighted by molar-refractivity contribution is 0.235. The number of aliphatic hydroxyl groups is 1. The van der Waals surface area contributed by atoms with E-state index in [0.29, 0.717) is 0 Å². The van der Waals surface area contributed by atoms with E-state index >= 15 is 0 Å². The molecule has 0 heterocycles. The third-order valence-corrected chi connectivity index (χ3v) is 3.74. The van der Waals surface area contributed by atoms with Crippen molar-refractivity contribution in [3.63, 3.8) is 0 Å². The van der Waals surface area contributed by atoms with E-state index in [4.69, 9.17) is 0 Å². The van der Waals surface area contributed by atoms with Crippen molar-refractivity contribution < 1.29 is 5.11 Å². The molecule has 0 radical (unpaired) electrons. The third kappa shape index (κ3) is 3.47. The van der Waals surface area contributed by atoms with Crippen LogP contribution in [0.25, 0.3) is 0 Å². The molecule has 20 heavy (non-hydrogen) atoms. The van der Waals surface area contributed by atoms with Crippen LogP contribution in [0.2, 0.25) is 0 Å². The van der Waals surface area contributed by atoms with Crippen molar-refractivity contribution in [1.82, 2.24) is 5.32 Å².